The molecule has 210 valence electrons. The third kappa shape index (κ3) is 4.10. The Hall–Kier alpha value is -3.71. The maximum atomic E-state index is 14.0. The summed E-state index contributed by atoms with van der Waals surface area (Å²) in [6.07, 6.45) is -4.68. The molecule has 6 rings (SSSR count). The highest BCUT2D eigenvalue weighted by atomic mass is 32.1. The van der Waals surface area contributed by atoms with Gasteiger partial charge in [-0.3, -0.25) is 9.48 Å². The summed E-state index contributed by atoms with van der Waals surface area (Å²) in [5.41, 5.74) is 4.83. The lowest BCUT2D eigenvalue weighted by Gasteiger charge is -2.40. The van der Waals surface area contributed by atoms with E-state index in [2.05, 4.69) is 15.3 Å². The van der Waals surface area contributed by atoms with Crippen LogP contribution in [0.3, 0.4) is 0 Å². The van der Waals surface area contributed by atoms with Gasteiger partial charge in [0, 0.05) is 43.0 Å². The number of rotatable bonds is 5. The summed E-state index contributed by atoms with van der Waals surface area (Å²) in [6, 6.07) is 7.52. The normalized spacial score (nSPS) is 19.4. The van der Waals surface area contributed by atoms with Gasteiger partial charge in [-0.25, -0.2) is 0 Å². The summed E-state index contributed by atoms with van der Waals surface area (Å²) in [5.74, 6) is 0.113. The molecule has 0 aliphatic carbocycles. The second-order valence-corrected chi connectivity index (χ2v) is 11.2. The van der Waals surface area contributed by atoms with Crippen molar-refractivity contribution in [3.63, 3.8) is 0 Å². The monoisotopic (exact) mass is 572 g/mol. The minimum atomic E-state index is -4.85. The van der Waals surface area contributed by atoms with Crippen molar-refractivity contribution >= 4 is 17.2 Å². The Labute approximate surface area is 231 Å². The molecule has 0 spiro atoms. The highest BCUT2D eigenvalue weighted by Crippen LogP contribution is 2.46. The number of amides is 1. The highest BCUT2D eigenvalue weighted by Gasteiger charge is 2.56. The Balaban J connectivity index is 1.52. The van der Waals surface area contributed by atoms with Crippen molar-refractivity contribution in [1.29, 1.82) is 0 Å². The molecule has 0 radical (unpaired) electrons. The second kappa shape index (κ2) is 9.44. The first-order valence-electron chi connectivity index (χ1n) is 12.8. The topological polar surface area (TPSA) is 98.3 Å². The number of benzene rings is 1. The lowest BCUT2D eigenvalue weighted by Crippen LogP contribution is -2.58. The van der Waals surface area contributed by atoms with Crippen molar-refractivity contribution in [2.24, 2.45) is 7.05 Å². The summed E-state index contributed by atoms with van der Waals surface area (Å²) in [5, 5.41) is 23.6. The van der Waals surface area contributed by atoms with E-state index < -0.39 is 23.7 Å². The number of alkyl halides is 3. The summed E-state index contributed by atoms with van der Waals surface area (Å²) in [6.45, 7) is 1.86. The number of fused-ring (bicyclic) bond motifs is 3. The number of likely N-dealkylation sites (tertiary alicyclic amines) is 1. The number of halogens is 3. The van der Waals surface area contributed by atoms with Crippen LogP contribution in [0.5, 0.6) is 5.75 Å². The first kappa shape index (κ1) is 26.5. The first-order chi connectivity index (χ1) is 19.0. The van der Waals surface area contributed by atoms with Gasteiger partial charge in [0.2, 0.25) is 0 Å². The van der Waals surface area contributed by atoms with E-state index in [4.69, 9.17) is 4.74 Å². The van der Waals surface area contributed by atoms with E-state index in [9.17, 15) is 23.1 Å². The number of carbonyl (C=O) groups excluding carboxylic acids is 1. The molecule has 1 fully saturated rings. The van der Waals surface area contributed by atoms with E-state index in [-0.39, 0.29) is 18.7 Å². The van der Waals surface area contributed by atoms with Gasteiger partial charge in [0.1, 0.15) is 22.0 Å². The minimum absolute atomic E-state index is 0.0479. The number of aliphatic hydroxyl groups excluding tert-OH is 1. The van der Waals surface area contributed by atoms with Crippen molar-refractivity contribution in [3.05, 3.63) is 47.2 Å². The molecule has 9 nitrogen and oxygen atoms in total. The molecule has 4 aromatic rings. The van der Waals surface area contributed by atoms with E-state index in [1.807, 2.05) is 36.0 Å². The lowest BCUT2D eigenvalue weighted by atomic mass is 9.90. The molecule has 2 aliphatic rings. The molecule has 2 aliphatic heterocycles. The first-order valence-corrected chi connectivity index (χ1v) is 13.7. The Morgan fingerprint density at radius 3 is 2.65 bits per heavy atom. The molecule has 1 saturated heterocycles. The van der Waals surface area contributed by atoms with Gasteiger partial charge >= 0.3 is 6.18 Å². The largest absolute Gasteiger partial charge is 0.496 e. The predicted octanol–water partition coefficient (Wildman–Crippen LogP) is 4.56. The highest BCUT2D eigenvalue weighted by molar-refractivity contribution is 7.12. The average Bonchev–Trinajstić information content (AvgIpc) is 3.72. The third-order valence-electron chi connectivity index (χ3n) is 8.01. The molecule has 0 saturated carbocycles. The van der Waals surface area contributed by atoms with Crippen LogP contribution in [-0.2, 0) is 20.0 Å². The number of ether oxygens (including phenoxy) is 1. The molecule has 3 aromatic heterocycles. The van der Waals surface area contributed by atoms with E-state index in [0.717, 1.165) is 22.4 Å². The Morgan fingerprint density at radius 2 is 2.00 bits per heavy atom. The number of hydrogen-bond donors (Lipinski definition) is 1. The predicted molar refractivity (Wildman–Crippen MR) is 142 cm³/mol. The van der Waals surface area contributed by atoms with Crippen LogP contribution < -0.4 is 4.74 Å². The zero-order valence-corrected chi connectivity index (χ0v) is 22.9. The van der Waals surface area contributed by atoms with Crippen LogP contribution in [0.2, 0.25) is 0 Å². The lowest BCUT2D eigenvalue weighted by molar-refractivity contribution is -0.232. The van der Waals surface area contributed by atoms with Gasteiger partial charge in [0.05, 0.1) is 24.0 Å². The maximum absolute atomic E-state index is 14.0. The molecular formula is C27H27F3N6O3S. The van der Waals surface area contributed by atoms with Crippen LogP contribution in [0.25, 0.3) is 33.1 Å². The van der Waals surface area contributed by atoms with Gasteiger partial charge < -0.3 is 19.3 Å². The van der Waals surface area contributed by atoms with Crippen molar-refractivity contribution in [2.45, 2.75) is 50.6 Å². The van der Waals surface area contributed by atoms with Crippen molar-refractivity contribution < 1.29 is 27.8 Å². The minimum Gasteiger partial charge on any atom is -0.496 e. The fourth-order valence-electron chi connectivity index (χ4n) is 6.01. The number of aromatic nitrogens is 5. The van der Waals surface area contributed by atoms with Gasteiger partial charge in [-0.2, -0.15) is 18.3 Å². The molecule has 13 heteroatoms. The van der Waals surface area contributed by atoms with E-state index in [0.29, 0.717) is 41.4 Å². The number of carbonyl (C=O) groups is 1. The molecule has 1 amide bonds. The number of methoxy groups -OCH3 is 1. The maximum Gasteiger partial charge on any atom is 0.416 e. The Bertz CT molecular complexity index is 1600. The Morgan fingerprint density at radius 1 is 1.20 bits per heavy atom. The van der Waals surface area contributed by atoms with Gasteiger partial charge in [-0.1, -0.05) is 11.3 Å². The molecule has 0 bridgehead atoms. The number of aryl methyl sites for hydroxylation is 2. The smallest absolute Gasteiger partial charge is 0.416 e. The molecule has 1 N–H and O–H groups in total. The van der Waals surface area contributed by atoms with Gasteiger partial charge in [-0.15, -0.1) is 10.2 Å². The van der Waals surface area contributed by atoms with Gasteiger partial charge in [-0.05, 0) is 56.0 Å². The van der Waals surface area contributed by atoms with Crippen molar-refractivity contribution in [2.75, 3.05) is 13.7 Å². The Kier molecular flexibility index (Phi) is 6.26. The van der Waals surface area contributed by atoms with Crippen molar-refractivity contribution in [3.8, 4) is 38.8 Å². The quantitative estimate of drug-likeness (QED) is 0.377. The van der Waals surface area contributed by atoms with E-state index in [1.165, 1.54) is 23.2 Å². The number of aliphatic hydroxyl groups is 1. The van der Waals surface area contributed by atoms with E-state index >= 15 is 0 Å². The zero-order chi connectivity index (χ0) is 28.4. The van der Waals surface area contributed by atoms with Crippen LogP contribution >= 0.6 is 11.3 Å². The molecular weight excluding hydrogens is 545 g/mol. The summed E-state index contributed by atoms with van der Waals surface area (Å²) in [7, 11) is 3.43. The van der Waals surface area contributed by atoms with Crippen LogP contribution in [-0.4, -0.2) is 71.9 Å². The summed E-state index contributed by atoms with van der Waals surface area (Å²) in [4.78, 5) is 15.2. The number of nitrogens with zero attached hydrogens (tertiary/aromatic N) is 6. The fourth-order valence-corrected chi connectivity index (χ4v) is 6.58. The summed E-state index contributed by atoms with van der Waals surface area (Å²) < 4.78 is 50.1. The van der Waals surface area contributed by atoms with Crippen LogP contribution in [0.4, 0.5) is 13.2 Å². The van der Waals surface area contributed by atoms with Crippen LogP contribution in [0.1, 0.15) is 35.8 Å². The van der Waals surface area contributed by atoms with Gasteiger partial charge in [0.15, 0.2) is 6.10 Å². The number of hydrogen-bond acceptors (Lipinski definition) is 7. The average molecular weight is 573 g/mol. The third-order valence-corrected chi connectivity index (χ3v) is 8.73. The zero-order valence-electron chi connectivity index (χ0n) is 22.1. The standard InChI is InChI=1S/C27H27F3N6O3S/c1-26(25(38)27(28,29)30)7-4-8-36(26)24(37)20-13-18(23-32-31-14-40-23)22-16-12-17(19-6-9-34(2)33-19)21(39-3)11-15(16)5-10-35(20)22/h6,9,11-14,25,38H,4-5,7-8,10H2,1-3H3/t25-,26+/m1/s1. The molecule has 2 atom stereocenters. The second-order valence-electron chi connectivity index (χ2n) is 10.4. The van der Waals surface area contributed by atoms with Gasteiger partial charge in [0.25, 0.3) is 5.91 Å². The fraction of sp³-hybridized carbons (Fsp3) is 0.407. The SMILES string of the molecule is COc1cc2c(cc1-c1ccn(C)n1)-c1c(-c3nncs3)cc(C(=O)N3CCC[C@@]3(C)[C@@H](O)C(F)(F)F)n1CC2. The van der Waals surface area contributed by atoms with Crippen LogP contribution in [0.15, 0.2) is 36.0 Å². The molecule has 5 heterocycles. The summed E-state index contributed by atoms with van der Waals surface area (Å²) >= 11 is 1.31. The molecule has 40 heavy (non-hydrogen) atoms. The van der Waals surface area contributed by atoms with E-state index in [1.54, 1.807) is 23.4 Å². The molecule has 0 unspecified atom stereocenters. The molecule has 1 aromatic carbocycles. The van der Waals surface area contributed by atoms with Crippen LogP contribution in [0, 0.1) is 0 Å². The van der Waals surface area contributed by atoms with Crippen molar-refractivity contribution in [1.82, 2.24) is 29.4 Å².